The number of benzene rings is 2. The van der Waals surface area contributed by atoms with Crippen LogP contribution in [0.15, 0.2) is 42.5 Å². The first-order chi connectivity index (χ1) is 13.2. The topological polar surface area (TPSA) is 66.5 Å². The largest absolute Gasteiger partial charge is 0.350 e. The average Bonchev–Trinajstić information content (AvgIpc) is 2.66. The van der Waals surface area contributed by atoms with Crippen LogP contribution in [0.3, 0.4) is 0 Å². The summed E-state index contributed by atoms with van der Waals surface area (Å²) < 4.78 is 25.8. The lowest BCUT2D eigenvalue weighted by Crippen LogP contribution is -2.47. The summed E-state index contributed by atoms with van der Waals surface area (Å²) in [6, 6.07) is 11.8. The van der Waals surface area contributed by atoms with Crippen LogP contribution in [-0.2, 0) is 34.2 Å². The van der Waals surface area contributed by atoms with Gasteiger partial charge in [-0.1, -0.05) is 43.6 Å². The van der Waals surface area contributed by atoms with E-state index < -0.39 is 16.1 Å². The predicted octanol–water partition coefficient (Wildman–Crippen LogP) is 3.94. The molecule has 2 aromatic carbocycles. The van der Waals surface area contributed by atoms with Crippen LogP contribution < -0.4 is 9.62 Å². The van der Waals surface area contributed by atoms with E-state index in [1.807, 2.05) is 0 Å². The van der Waals surface area contributed by atoms with Crippen LogP contribution in [0.25, 0.3) is 0 Å². The minimum atomic E-state index is -3.65. The zero-order valence-electron chi connectivity index (χ0n) is 16.7. The lowest BCUT2D eigenvalue weighted by Gasteiger charge is -2.28. The molecule has 0 aliphatic carbocycles. The zero-order valence-corrected chi connectivity index (χ0v) is 18.3. The van der Waals surface area contributed by atoms with Gasteiger partial charge in [0.2, 0.25) is 15.9 Å². The van der Waals surface area contributed by atoms with E-state index in [9.17, 15) is 13.2 Å². The number of amides is 1. The molecule has 28 heavy (non-hydrogen) atoms. The van der Waals surface area contributed by atoms with Gasteiger partial charge in [-0.3, -0.25) is 9.10 Å². The van der Waals surface area contributed by atoms with Gasteiger partial charge in [-0.25, -0.2) is 8.42 Å². The third kappa shape index (κ3) is 5.49. The summed E-state index contributed by atoms with van der Waals surface area (Å²) in [6.07, 6.45) is 2.87. The van der Waals surface area contributed by atoms with E-state index in [-0.39, 0.29) is 5.91 Å². The van der Waals surface area contributed by atoms with Gasteiger partial charge in [0, 0.05) is 11.6 Å². The molecular formula is C21H27ClN2O3S. The number of sulfonamides is 1. The maximum Gasteiger partial charge on any atom is 0.243 e. The number of carbonyl (C=O) groups excluding carboxylic acids is 1. The Bertz CT molecular complexity index is 927. The quantitative estimate of drug-likeness (QED) is 0.700. The number of nitrogens with zero attached hydrogens (tertiary/aromatic N) is 1. The average molecular weight is 423 g/mol. The molecule has 0 aliphatic rings. The van der Waals surface area contributed by atoms with Crippen molar-refractivity contribution in [2.75, 3.05) is 10.6 Å². The molecule has 0 unspecified atom stereocenters. The lowest BCUT2D eigenvalue weighted by atomic mass is 10.0. The summed E-state index contributed by atoms with van der Waals surface area (Å²) in [5.74, 6) is -0.357. The number of halogens is 1. The highest BCUT2D eigenvalue weighted by atomic mass is 35.5. The van der Waals surface area contributed by atoms with Gasteiger partial charge in [0.1, 0.15) is 6.04 Å². The van der Waals surface area contributed by atoms with Crippen molar-refractivity contribution in [3.63, 3.8) is 0 Å². The fourth-order valence-corrected chi connectivity index (χ4v) is 4.44. The van der Waals surface area contributed by atoms with E-state index in [2.05, 4.69) is 37.4 Å². The van der Waals surface area contributed by atoms with Gasteiger partial charge in [-0.05, 0) is 60.7 Å². The molecular weight excluding hydrogens is 396 g/mol. The standard InChI is InChI=1S/C21H27ClN2O3S/c1-5-16-7-8-17(6-2)18(13-16)14-23-21(25)15(3)24(28(4,26)27)20-11-9-19(22)10-12-20/h7-13,15H,5-6,14H2,1-4H3,(H,23,25)/t15-/m1/s1. The first kappa shape index (κ1) is 22.2. The first-order valence-electron chi connectivity index (χ1n) is 9.30. The van der Waals surface area contributed by atoms with E-state index in [1.165, 1.54) is 11.1 Å². The highest BCUT2D eigenvalue weighted by Gasteiger charge is 2.29. The fraction of sp³-hybridized carbons (Fsp3) is 0.381. The van der Waals surface area contributed by atoms with Gasteiger partial charge in [-0.2, -0.15) is 0 Å². The number of hydrogen-bond acceptors (Lipinski definition) is 3. The van der Waals surface area contributed by atoms with Crippen molar-refractivity contribution in [3.05, 3.63) is 64.2 Å². The molecule has 0 radical (unpaired) electrons. The molecule has 0 saturated carbocycles. The smallest absolute Gasteiger partial charge is 0.243 e. The Labute approximate surface area is 172 Å². The molecule has 0 fully saturated rings. The minimum absolute atomic E-state index is 0.357. The van der Waals surface area contributed by atoms with E-state index in [4.69, 9.17) is 11.6 Å². The Balaban J connectivity index is 2.21. The van der Waals surface area contributed by atoms with E-state index >= 15 is 0 Å². The number of rotatable bonds is 8. The molecule has 0 saturated heterocycles. The van der Waals surface area contributed by atoms with Crippen LogP contribution in [0.4, 0.5) is 5.69 Å². The predicted molar refractivity (Wildman–Crippen MR) is 115 cm³/mol. The molecule has 1 N–H and O–H groups in total. The van der Waals surface area contributed by atoms with Crippen LogP contribution in [0.5, 0.6) is 0 Å². The van der Waals surface area contributed by atoms with Crippen molar-refractivity contribution in [1.29, 1.82) is 0 Å². The van der Waals surface area contributed by atoms with Crippen LogP contribution in [0.2, 0.25) is 5.02 Å². The summed E-state index contributed by atoms with van der Waals surface area (Å²) >= 11 is 5.90. The minimum Gasteiger partial charge on any atom is -0.350 e. The Kier molecular flexibility index (Phi) is 7.49. The number of carbonyl (C=O) groups is 1. The first-order valence-corrected chi connectivity index (χ1v) is 11.5. The summed E-state index contributed by atoms with van der Waals surface area (Å²) in [5.41, 5.74) is 3.83. The molecule has 0 aliphatic heterocycles. The Morgan fingerprint density at radius 1 is 1.07 bits per heavy atom. The Morgan fingerprint density at radius 2 is 1.71 bits per heavy atom. The van der Waals surface area contributed by atoms with Crippen molar-refractivity contribution in [2.24, 2.45) is 0 Å². The third-order valence-electron chi connectivity index (χ3n) is 4.68. The van der Waals surface area contributed by atoms with Crippen LogP contribution in [-0.4, -0.2) is 26.6 Å². The Morgan fingerprint density at radius 3 is 2.25 bits per heavy atom. The van der Waals surface area contributed by atoms with Crippen LogP contribution in [0.1, 0.15) is 37.5 Å². The highest BCUT2D eigenvalue weighted by molar-refractivity contribution is 7.92. The number of aryl methyl sites for hydroxylation is 2. The molecule has 1 atom stereocenters. The van der Waals surface area contributed by atoms with Crippen LogP contribution in [0, 0.1) is 0 Å². The fourth-order valence-electron chi connectivity index (χ4n) is 3.14. The van der Waals surface area contributed by atoms with Crippen molar-refractivity contribution in [3.8, 4) is 0 Å². The second kappa shape index (κ2) is 9.43. The molecule has 0 spiro atoms. The van der Waals surface area contributed by atoms with E-state index in [0.717, 1.165) is 29.0 Å². The van der Waals surface area contributed by atoms with Crippen molar-refractivity contribution >= 4 is 33.2 Å². The second-order valence-electron chi connectivity index (χ2n) is 6.74. The number of hydrogen-bond donors (Lipinski definition) is 1. The van der Waals surface area contributed by atoms with E-state index in [0.29, 0.717) is 17.3 Å². The second-order valence-corrected chi connectivity index (χ2v) is 9.04. The van der Waals surface area contributed by atoms with Gasteiger partial charge >= 0.3 is 0 Å². The zero-order chi connectivity index (χ0) is 20.9. The van der Waals surface area contributed by atoms with Gasteiger partial charge in [0.25, 0.3) is 0 Å². The van der Waals surface area contributed by atoms with Gasteiger partial charge in [-0.15, -0.1) is 0 Å². The van der Waals surface area contributed by atoms with Crippen molar-refractivity contribution in [1.82, 2.24) is 5.32 Å². The Hall–Kier alpha value is -2.05. The summed E-state index contributed by atoms with van der Waals surface area (Å²) in [7, 11) is -3.65. The van der Waals surface area contributed by atoms with Gasteiger partial charge in [0.05, 0.1) is 11.9 Å². The molecule has 0 bridgehead atoms. The highest BCUT2D eigenvalue weighted by Crippen LogP contribution is 2.23. The normalized spacial score (nSPS) is 12.5. The molecule has 0 aromatic heterocycles. The third-order valence-corrected chi connectivity index (χ3v) is 6.18. The molecule has 2 aromatic rings. The van der Waals surface area contributed by atoms with Crippen molar-refractivity contribution < 1.29 is 13.2 Å². The summed E-state index contributed by atoms with van der Waals surface area (Å²) in [6.45, 7) is 6.09. The molecule has 7 heteroatoms. The molecule has 1 amide bonds. The van der Waals surface area contributed by atoms with Crippen molar-refractivity contribution in [2.45, 2.75) is 46.2 Å². The maximum atomic E-state index is 12.8. The number of nitrogens with one attached hydrogen (secondary N) is 1. The number of anilines is 1. The van der Waals surface area contributed by atoms with Gasteiger partial charge in [0.15, 0.2) is 0 Å². The molecule has 2 rings (SSSR count). The molecule has 5 nitrogen and oxygen atoms in total. The van der Waals surface area contributed by atoms with E-state index in [1.54, 1.807) is 31.2 Å². The summed E-state index contributed by atoms with van der Waals surface area (Å²) in [4.78, 5) is 12.8. The van der Waals surface area contributed by atoms with Crippen LogP contribution >= 0.6 is 11.6 Å². The summed E-state index contributed by atoms with van der Waals surface area (Å²) in [5, 5.41) is 3.38. The lowest BCUT2D eigenvalue weighted by molar-refractivity contribution is -0.122. The molecule has 152 valence electrons. The maximum absolute atomic E-state index is 12.8. The SMILES string of the molecule is CCc1ccc(CC)c(CNC(=O)[C@@H](C)N(c2ccc(Cl)cc2)S(C)(=O)=O)c1. The van der Waals surface area contributed by atoms with Gasteiger partial charge < -0.3 is 5.32 Å². The monoisotopic (exact) mass is 422 g/mol. The molecule has 0 heterocycles.